The van der Waals surface area contributed by atoms with Crippen LogP contribution >= 0.6 is 23.8 Å². The van der Waals surface area contributed by atoms with Gasteiger partial charge in [0.15, 0.2) is 5.11 Å². The summed E-state index contributed by atoms with van der Waals surface area (Å²) in [6.45, 7) is 0. The molecule has 80 valence electrons. The fourth-order valence-corrected chi connectivity index (χ4v) is 1.39. The summed E-state index contributed by atoms with van der Waals surface area (Å²) in [6, 6.07) is 7.85. The minimum atomic E-state index is 0.275. The minimum absolute atomic E-state index is 0.275. The molecule has 0 unspecified atom stereocenters. The second kappa shape index (κ2) is 6.43. The van der Waals surface area contributed by atoms with E-state index in [2.05, 4.69) is 5.32 Å². The summed E-state index contributed by atoms with van der Waals surface area (Å²) in [5.41, 5.74) is 7.38. The molecular formula is C11H13ClN2S. The Kier molecular flexibility index (Phi) is 5.15. The highest BCUT2D eigenvalue weighted by Crippen LogP contribution is 2.12. The molecule has 1 aromatic rings. The molecule has 0 saturated carbocycles. The average molecular weight is 241 g/mol. The van der Waals surface area contributed by atoms with Crippen LogP contribution in [0.2, 0.25) is 0 Å². The molecule has 0 amide bonds. The minimum Gasteiger partial charge on any atom is -0.376 e. The van der Waals surface area contributed by atoms with Crippen LogP contribution < -0.4 is 11.1 Å². The maximum atomic E-state index is 5.57. The lowest BCUT2D eigenvalue weighted by molar-refractivity contribution is 1.24. The van der Waals surface area contributed by atoms with Crippen molar-refractivity contribution in [2.24, 2.45) is 5.73 Å². The summed E-state index contributed by atoms with van der Waals surface area (Å²) in [7, 11) is 0. The third kappa shape index (κ3) is 4.81. The van der Waals surface area contributed by atoms with Gasteiger partial charge in [-0.2, -0.15) is 0 Å². The number of alkyl halides is 1. The van der Waals surface area contributed by atoms with Gasteiger partial charge in [-0.1, -0.05) is 24.3 Å². The fourth-order valence-electron chi connectivity index (χ4n) is 1.14. The van der Waals surface area contributed by atoms with Gasteiger partial charge in [-0.05, 0) is 36.3 Å². The molecular weight excluding hydrogens is 228 g/mol. The Morgan fingerprint density at radius 3 is 3.00 bits per heavy atom. The number of hydrogen-bond donors (Lipinski definition) is 2. The molecule has 1 rings (SSSR count). The van der Waals surface area contributed by atoms with E-state index in [1.54, 1.807) is 0 Å². The van der Waals surface area contributed by atoms with Gasteiger partial charge in [-0.15, -0.1) is 11.6 Å². The van der Waals surface area contributed by atoms with E-state index < -0.39 is 0 Å². The monoisotopic (exact) mass is 240 g/mol. The third-order valence-corrected chi connectivity index (χ3v) is 2.06. The molecule has 0 spiro atoms. The van der Waals surface area contributed by atoms with E-state index >= 15 is 0 Å². The number of halogens is 1. The Hall–Kier alpha value is -1.06. The smallest absolute Gasteiger partial charge is 0.168 e. The van der Waals surface area contributed by atoms with Crippen molar-refractivity contribution in [2.45, 2.75) is 6.42 Å². The summed E-state index contributed by atoms with van der Waals surface area (Å²) < 4.78 is 0. The quantitative estimate of drug-likeness (QED) is 0.628. The third-order valence-electron chi connectivity index (χ3n) is 1.74. The lowest BCUT2D eigenvalue weighted by Gasteiger charge is -2.03. The van der Waals surface area contributed by atoms with E-state index in [-0.39, 0.29) is 5.11 Å². The van der Waals surface area contributed by atoms with E-state index in [1.165, 1.54) is 0 Å². The maximum Gasteiger partial charge on any atom is 0.168 e. The molecule has 2 nitrogen and oxygen atoms in total. The molecule has 0 aliphatic rings. The van der Waals surface area contributed by atoms with Crippen LogP contribution in [0.4, 0.5) is 5.69 Å². The van der Waals surface area contributed by atoms with Crippen molar-refractivity contribution in [1.29, 1.82) is 0 Å². The Balaban J connectivity index is 2.69. The summed E-state index contributed by atoms with van der Waals surface area (Å²) >= 11 is 10.3. The summed E-state index contributed by atoms with van der Waals surface area (Å²) in [5.74, 6) is 0.640. The summed E-state index contributed by atoms with van der Waals surface area (Å²) in [4.78, 5) is 0. The largest absolute Gasteiger partial charge is 0.376 e. The van der Waals surface area contributed by atoms with E-state index in [1.807, 2.05) is 36.4 Å². The first-order chi connectivity index (χ1) is 7.22. The van der Waals surface area contributed by atoms with E-state index in [0.29, 0.717) is 5.88 Å². The van der Waals surface area contributed by atoms with Gasteiger partial charge in [0.1, 0.15) is 0 Å². The molecule has 0 fully saturated rings. The summed E-state index contributed by atoms with van der Waals surface area (Å²) in [6.07, 6.45) is 4.93. The molecule has 0 radical (unpaired) electrons. The number of nitrogens with one attached hydrogen (secondary N) is 1. The molecule has 0 saturated heterocycles. The molecule has 0 bridgehead atoms. The van der Waals surface area contributed by atoms with Crippen molar-refractivity contribution in [1.82, 2.24) is 0 Å². The standard InChI is InChI=1S/C11H13ClN2S/c12-7-2-1-4-9-5-3-6-10(8-9)14-11(13)15/h1,3-6,8H,2,7H2,(H3,13,14,15). The van der Waals surface area contributed by atoms with Gasteiger partial charge >= 0.3 is 0 Å². The fraction of sp³-hybridized carbons (Fsp3) is 0.182. The second-order valence-corrected chi connectivity index (χ2v) is 3.81. The van der Waals surface area contributed by atoms with Crippen LogP contribution in [0, 0.1) is 0 Å². The lowest BCUT2D eigenvalue weighted by atomic mass is 10.2. The van der Waals surface area contributed by atoms with Gasteiger partial charge in [0, 0.05) is 11.6 Å². The Bertz CT molecular complexity index is 363. The number of hydrogen-bond acceptors (Lipinski definition) is 1. The Morgan fingerprint density at radius 2 is 2.33 bits per heavy atom. The number of allylic oxidation sites excluding steroid dienone is 1. The lowest BCUT2D eigenvalue weighted by Crippen LogP contribution is -2.18. The highest BCUT2D eigenvalue weighted by atomic mass is 35.5. The van der Waals surface area contributed by atoms with Crippen molar-refractivity contribution < 1.29 is 0 Å². The zero-order valence-electron chi connectivity index (χ0n) is 8.24. The van der Waals surface area contributed by atoms with Gasteiger partial charge in [0.2, 0.25) is 0 Å². The van der Waals surface area contributed by atoms with Crippen LogP contribution in [0.15, 0.2) is 30.3 Å². The van der Waals surface area contributed by atoms with Gasteiger partial charge in [-0.3, -0.25) is 0 Å². The first kappa shape index (κ1) is 12.0. The zero-order valence-corrected chi connectivity index (χ0v) is 9.81. The molecule has 0 aromatic heterocycles. The molecule has 4 heteroatoms. The number of anilines is 1. The first-order valence-corrected chi connectivity index (χ1v) is 5.55. The van der Waals surface area contributed by atoms with Crippen molar-refractivity contribution in [2.75, 3.05) is 11.2 Å². The van der Waals surface area contributed by atoms with Gasteiger partial charge in [-0.25, -0.2) is 0 Å². The molecule has 1 aromatic carbocycles. The van der Waals surface area contributed by atoms with Gasteiger partial charge in [0.05, 0.1) is 0 Å². The predicted octanol–water partition coefficient (Wildman–Crippen LogP) is 2.98. The number of nitrogens with two attached hydrogens (primary N) is 1. The van der Waals surface area contributed by atoms with Crippen molar-refractivity contribution in [3.63, 3.8) is 0 Å². The van der Waals surface area contributed by atoms with E-state index in [0.717, 1.165) is 17.7 Å². The second-order valence-electron chi connectivity index (χ2n) is 2.99. The highest BCUT2D eigenvalue weighted by molar-refractivity contribution is 7.80. The van der Waals surface area contributed by atoms with Crippen LogP contribution in [0.3, 0.4) is 0 Å². The predicted molar refractivity (Wildman–Crippen MR) is 71.2 cm³/mol. The number of rotatable bonds is 4. The zero-order chi connectivity index (χ0) is 11.1. The van der Waals surface area contributed by atoms with Crippen molar-refractivity contribution in [3.05, 3.63) is 35.9 Å². The van der Waals surface area contributed by atoms with Crippen LogP contribution in [0.5, 0.6) is 0 Å². The first-order valence-electron chi connectivity index (χ1n) is 4.61. The molecule has 0 atom stereocenters. The molecule has 0 heterocycles. The van der Waals surface area contributed by atoms with Crippen LogP contribution in [0.1, 0.15) is 12.0 Å². The van der Waals surface area contributed by atoms with Crippen molar-refractivity contribution in [3.8, 4) is 0 Å². The van der Waals surface area contributed by atoms with Crippen LogP contribution in [-0.2, 0) is 0 Å². The Labute approximate surface area is 100 Å². The maximum absolute atomic E-state index is 5.57. The van der Waals surface area contributed by atoms with E-state index in [9.17, 15) is 0 Å². The SMILES string of the molecule is NC(=S)Nc1cccc(C=CCCCl)c1. The van der Waals surface area contributed by atoms with Gasteiger partial charge in [0.25, 0.3) is 0 Å². The Morgan fingerprint density at radius 1 is 1.53 bits per heavy atom. The molecule has 15 heavy (non-hydrogen) atoms. The van der Waals surface area contributed by atoms with Crippen molar-refractivity contribution >= 4 is 40.7 Å². The normalized spacial score (nSPS) is 10.5. The number of thiocarbonyl (C=S) groups is 1. The summed E-state index contributed by atoms with van der Waals surface area (Å²) in [5, 5.41) is 3.16. The molecule has 0 aliphatic heterocycles. The molecule has 0 aliphatic carbocycles. The topological polar surface area (TPSA) is 38.0 Å². The van der Waals surface area contributed by atoms with Crippen LogP contribution in [-0.4, -0.2) is 11.0 Å². The molecule has 3 N–H and O–H groups in total. The highest BCUT2D eigenvalue weighted by Gasteiger charge is 1.93. The average Bonchev–Trinajstić information content (AvgIpc) is 2.18. The van der Waals surface area contributed by atoms with Gasteiger partial charge < -0.3 is 11.1 Å². The number of benzene rings is 1. The van der Waals surface area contributed by atoms with Crippen LogP contribution in [0.25, 0.3) is 6.08 Å². The van der Waals surface area contributed by atoms with E-state index in [4.69, 9.17) is 29.6 Å².